The number of benzene rings is 1. The summed E-state index contributed by atoms with van der Waals surface area (Å²) in [7, 11) is 1.87. The summed E-state index contributed by atoms with van der Waals surface area (Å²) < 4.78 is 33.5. The van der Waals surface area contributed by atoms with E-state index in [2.05, 4.69) is 15.3 Å². The standard InChI is InChI=1S/C23H20F2N8/c1-30-13-15(10-26-30)16-11-27-33(14-16)21-12-28-32-8-6-22(29-23(21)32)31-7-2-3-20(31)18-9-17(24)4-5-19(18)25/h4-6,8-14,20H,2-3,7H2,1H3/t20-/m1/s1. The first-order valence-corrected chi connectivity index (χ1v) is 10.7. The van der Waals surface area contributed by atoms with Crippen molar-refractivity contribution in [2.45, 2.75) is 18.9 Å². The molecule has 4 aromatic heterocycles. The maximum Gasteiger partial charge on any atom is 0.183 e. The molecule has 0 amide bonds. The van der Waals surface area contributed by atoms with Crippen molar-refractivity contribution in [3.63, 3.8) is 0 Å². The fourth-order valence-electron chi connectivity index (χ4n) is 4.48. The number of aromatic nitrogens is 7. The van der Waals surface area contributed by atoms with Gasteiger partial charge in [0.25, 0.3) is 0 Å². The lowest BCUT2D eigenvalue weighted by Crippen LogP contribution is -2.24. The predicted octanol–water partition coefficient (Wildman–Crippen LogP) is 3.94. The van der Waals surface area contributed by atoms with Gasteiger partial charge in [0, 0.05) is 48.9 Å². The van der Waals surface area contributed by atoms with Crippen LogP contribution >= 0.6 is 0 Å². The summed E-state index contributed by atoms with van der Waals surface area (Å²) >= 11 is 0. The van der Waals surface area contributed by atoms with Crippen LogP contribution in [-0.4, -0.2) is 40.7 Å². The van der Waals surface area contributed by atoms with Crippen LogP contribution < -0.4 is 4.90 Å². The second kappa shape index (κ2) is 7.51. The Hall–Kier alpha value is -4.08. The third-order valence-corrected chi connectivity index (χ3v) is 6.07. The second-order valence-electron chi connectivity index (χ2n) is 8.18. The Labute approximate surface area is 187 Å². The van der Waals surface area contributed by atoms with Gasteiger partial charge < -0.3 is 4.90 Å². The lowest BCUT2D eigenvalue weighted by Gasteiger charge is -2.26. The van der Waals surface area contributed by atoms with E-state index in [0.29, 0.717) is 23.6 Å². The number of hydrogen-bond donors (Lipinski definition) is 0. The number of nitrogens with zero attached hydrogens (tertiary/aromatic N) is 8. The van der Waals surface area contributed by atoms with Crippen LogP contribution in [0.5, 0.6) is 0 Å². The van der Waals surface area contributed by atoms with Crippen molar-refractivity contribution in [3.8, 4) is 16.8 Å². The summed E-state index contributed by atoms with van der Waals surface area (Å²) in [6, 6.07) is 5.19. The van der Waals surface area contributed by atoms with E-state index in [1.54, 1.807) is 32.5 Å². The fourth-order valence-corrected chi connectivity index (χ4v) is 4.48. The van der Waals surface area contributed by atoms with Gasteiger partial charge in [0.05, 0.1) is 24.6 Å². The summed E-state index contributed by atoms with van der Waals surface area (Å²) in [6.07, 6.45) is 12.5. The van der Waals surface area contributed by atoms with Gasteiger partial charge in [0.1, 0.15) is 23.1 Å². The van der Waals surface area contributed by atoms with E-state index in [9.17, 15) is 8.78 Å². The van der Waals surface area contributed by atoms with Crippen LogP contribution in [0.25, 0.3) is 22.5 Å². The van der Waals surface area contributed by atoms with Gasteiger partial charge in [-0.2, -0.15) is 15.3 Å². The molecule has 33 heavy (non-hydrogen) atoms. The van der Waals surface area contributed by atoms with E-state index in [-0.39, 0.29) is 6.04 Å². The second-order valence-corrected chi connectivity index (χ2v) is 8.18. The van der Waals surface area contributed by atoms with Crippen LogP contribution in [0.1, 0.15) is 24.4 Å². The van der Waals surface area contributed by atoms with Crippen molar-refractivity contribution in [2.75, 3.05) is 11.4 Å². The molecule has 5 aromatic rings. The number of hydrogen-bond acceptors (Lipinski definition) is 5. The zero-order chi connectivity index (χ0) is 22.5. The lowest BCUT2D eigenvalue weighted by atomic mass is 10.0. The minimum absolute atomic E-state index is 0.274. The highest BCUT2D eigenvalue weighted by molar-refractivity contribution is 5.64. The molecule has 1 fully saturated rings. The van der Waals surface area contributed by atoms with E-state index >= 15 is 0 Å². The number of fused-ring (bicyclic) bond motifs is 1. The van der Waals surface area contributed by atoms with Crippen molar-refractivity contribution < 1.29 is 8.78 Å². The minimum Gasteiger partial charge on any atom is -0.349 e. The van der Waals surface area contributed by atoms with Crippen LogP contribution in [0.4, 0.5) is 14.6 Å². The van der Waals surface area contributed by atoms with Crippen LogP contribution in [0.3, 0.4) is 0 Å². The Kier molecular flexibility index (Phi) is 4.46. The van der Waals surface area contributed by atoms with Crippen molar-refractivity contribution >= 4 is 11.5 Å². The average molecular weight is 446 g/mol. The molecule has 1 aliphatic rings. The fraction of sp³-hybridized carbons (Fsp3) is 0.217. The van der Waals surface area contributed by atoms with Crippen molar-refractivity contribution in [1.29, 1.82) is 0 Å². The molecular formula is C23H20F2N8. The van der Waals surface area contributed by atoms with Gasteiger partial charge >= 0.3 is 0 Å². The molecular weight excluding hydrogens is 426 g/mol. The normalized spacial score (nSPS) is 16.2. The largest absolute Gasteiger partial charge is 0.349 e. The molecule has 0 unspecified atom stereocenters. The van der Waals surface area contributed by atoms with Gasteiger partial charge in [0.2, 0.25) is 0 Å². The zero-order valence-corrected chi connectivity index (χ0v) is 17.8. The van der Waals surface area contributed by atoms with Crippen molar-refractivity contribution in [3.05, 3.63) is 78.6 Å². The number of aryl methyl sites for hydroxylation is 1. The topological polar surface area (TPSA) is 69.1 Å². The molecule has 1 aromatic carbocycles. The molecule has 10 heteroatoms. The monoisotopic (exact) mass is 446 g/mol. The van der Waals surface area contributed by atoms with E-state index < -0.39 is 11.6 Å². The highest BCUT2D eigenvalue weighted by atomic mass is 19.1. The molecule has 1 aliphatic heterocycles. The highest BCUT2D eigenvalue weighted by Gasteiger charge is 2.30. The summed E-state index contributed by atoms with van der Waals surface area (Å²) in [5.74, 6) is -0.156. The summed E-state index contributed by atoms with van der Waals surface area (Å²) in [5, 5.41) is 13.1. The van der Waals surface area contributed by atoms with Gasteiger partial charge in [-0.25, -0.2) is 23.0 Å². The summed E-state index contributed by atoms with van der Waals surface area (Å²) in [4.78, 5) is 6.87. The van der Waals surface area contributed by atoms with Crippen LogP contribution in [0, 0.1) is 11.6 Å². The first-order chi connectivity index (χ1) is 16.1. The first-order valence-electron chi connectivity index (χ1n) is 10.7. The molecule has 0 bridgehead atoms. The van der Waals surface area contributed by atoms with Crippen molar-refractivity contribution in [1.82, 2.24) is 34.2 Å². The average Bonchev–Trinajstić information content (AvgIpc) is 3.60. The first kappa shape index (κ1) is 19.6. The Balaban J connectivity index is 1.38. The maximum atomic E-state index is 14.5. The number of halogens is 2. The smallest absolute Gasteiger partial charge is 0.183 e. The van der Waals surface area contributed by atoms with Gasteiger partial charge in [-0.3, -0.25) is 4.68 Å². The summed E-state index contributed by atoms with van der Waals surface area (Å²) in [6.45, 7) is 0.709. The molecule has 1 saturated heterocycles. The number of rotatable bonds is 4. The van der Waals surface area contributed by atoms with Crippen LogP contribution in [0.2, 0.25) is 0 Å². The van der Waals surface area contributed by atoms with Crippen LogP contribution in [0.15, 0.2) is 61.4 Å². The van der Waals surface area contributed by atoms with Gasteiger partial charge in [-0.05, 0) is 37.1 Å². The maximum absolute atomic E-state index is 14.5. The Bertz CT molecular complexity index is 1470. The number of anilines is 1. The third kappa shape index (κ3) is 3.34. The minimum atomic E-state index is -0.442. The molecule has 0 spiro atoms. The van der Waals surface area contributed by atoms with Gasteiger partial charge in [-0.1, -0.05) is 0 Å². The lowest BCUT2D eigenvalue weighted by molar-refractivity contribution is 0.560. The van der Waals surface area contributed by atoms with E-state index in [4.69, 9.17) is 4.98 Å². The molecule has 5 heterocycles. The molecule has 1 atom stereocenters. The van der Waals surface area contributed by atoms with Gasteiger partial charge in [-0.15, -0.1) is 0 Å². The highest BCUT2D eigenvalue weighted by Crippen LogP contribution is 2.37. The summed E-state index contributed by atoms with van der Waals surface area (Å²) in [5.41, 5.74) is 3.60. The van der Waals surface area contributed by atoms with E-state index in [1.165, 1.54) is 12.1 Å². The van der Waals surface area contributed by atoms with Gasteiger partial charge in [0.15, 0.2) is 5.65 Å². The van der Waals surface area contributed by atoms with Crippen molar-refractivity contribution in [2.24, 2.45) is 7.05 Å². The van der Waals surface area contributed by atoms with E-state index in [1.807, 2.05) is 36.6 Å². The third-order valence-electron chi connectivity index (χ3n) is 6.07. The van der Waals surface area contributed by atoms with Crippen LogP contribution in [-0.2, 0) is 7.05 Å². The molecule has 0 saturated carbocycles. The predicted molar refractivity (Wildman–Crippen MR) is 118 cm³/mol. The Morgan fingerprint density at radius 2 is 1.82 bits per heavy atom. The molecule has 6 rings (SSSR count). The zero-order valence-electron chi connectivity index (χ0n) is 17.8. The molecule has 0 aliphatic carbocycles. The quantitative estimate of drug-likeness (QED) is 0.418. The SMILES string of the molecule is Cn1cc(-c2cnn(-c3cnn4ccc(N5CCC[C@@H]5c5cc(F)ccc5F)nc34)c2)cn1. The molecule has 8 nitrogen and oxygen atoms in total. The molecule has 0 N–H and O–H groups in total. The van der Waals surface area contributed by atoms with E-state index in [0.717, 1.165) is 35.7 Å². The molecule has 0 radical (unpaired) electrons. The molecule has 166 valence electrons. The Morgan fingerprint density at radius 1 is 0.970 bits per heavy atom. The Morgan fingerprint density at radius 3 is 2.67 bits per heavy atom.